The molecule has 2 rings (SSSR count). The van der Waals surface area contributed by atoms with Gasteiger partial charge in [0.15, 0.2) is 0 Å². The molecule has 7 heteroatoms. The van der Waals surface area contributed by atoms with E-state index in [4.69, 9.17) is 27.9 Å². The smallest absolute Gasteiger partial charge is 0.326 e. The summed E-state index contributed by atoms with van der Waals surface area (Å²) >= 11 is 11.8. The molecule has 0 saturated carbocycles. The Kier molecular flexibility index (Phi) is 5.45. The maximum absolute atomic E-state index is 11.9. The quantitative estimate of drug-likeness (QED) is 0.867. The molecule has 1 aliphatic rings. The summed E-state index contributed by atoms with van der Waals surface area (Å²) in [5.74, 6) is -1.52. The van der Waals surface area contributed by atoms with E-state index < -0.39 is 24.0 Å². The lowest BCUT2D eigenvalue weighted by Gasteiger charge is -2.17. The Morgan fingerprint density at radius 2 is 2.19 bits per heavy atom. The molecule has 21 heavy (non-hydrogen) atoms. The van der Waals surface area contributed by atoms with E-state index in [1.807, 2.05) is 0 Å². The van der Waals surface area contributed by atoms with E-state index in [0.29, 0.717) is 28.6 Å². The molecule has 0 aromatic heterocycles. The molecular formula is C14H15Cl2NO4. The fourth-order valence-electron chi connectivity index (χ4n) is 2.16. The van der Waals surface area contributed by atoms with Crippen LogP contribution in [0.1, 0.15) is 18.4 Å². The lowest BCUT2D eigenvalue weighted by Crippen LogP contribution is -2.46. The van der Waals surface area contributed by atoms with Crippen molar-refractivity contribution in [3.63, 3.8) is 0 Å². The molecule has 1 saturated heterocycles. The Bertz CT molecular complexity index is 544. The second kappa shape index (κ2) is 7.11. The molecule has 0 spiro atoms. The van der Waals surface area contributed by atoms with Gasteiger partial charge in [-0.25, -0.2) is 4.79 Å². The van der Waals surface area contributed by atoms with Gasteiger partial charge in [-0.3, -0.25) is 4.79 Å². The lowest BCUT2D eigenvalue weighted by atomic mass is 10.1. The third kappa shape index (κ3) is 4.33. The number of carboxylic acids is 1. The summed E-state index contributed by atoms with van der Waals surface area (Å²) in [6, 6.07) is 3.77. The number of aliphatic carboxylic acids is 1. The van der Waals surface area contributed by atoms with Crippen LogP contribution in [0.25, 0.3) is 0 Å². The first-order valence-electron chi connectivity index (χ1n) is 6.56. The molecule has 114 valence electrons. The highest BCUT2D eigenvalue weighted by molar-refractivity contribution is 6.35. The van der Waals surface area contributed by atoms with Gasteiger partial charge in [-0.15, -0.1) is 0 Å². The van der Waals surface area contributed by atoms with E-state index in [9.17, 15) is 14.7 Å². The first-order chi connectivity index (χ1) is 9.97. The van der Waals surface area contributed by atoms with Gasteiger partial charge in [-0.2, -0.15) is 0 Å². The minimum atomic E-state index is -1.12. The summed E-state index contributed by atoms with van der Waals surface area (Å²) in [6.45, 7) is 0.527. The average Bonchev–Trinajstić information content (AvgIpc) is 2.94. The van der Waals surface area contributed by atoms with E-state index in [2.05, 4.69) is 5.32 Å². The molecule has 1 aliphatic heterocycles. The minimum absolute atomic E-state index is 0.0871. The highest BCUT2D eigenvalue weighted by atomic mass is 35.5. The first kappa shape index (κ1) is 16.1. The number of amides is 1. The fourth-order valence-corrected chi connectivity index (χ4v) is 2.64. The number of carbonyl (C=O) groups excluding carboxylic acids is 1. The minimum Gasteiger partial charge on any atom is -0.480 e. The number of halogens is 2. The number of carbonyl (C=O) groups is 2. The number of hydrogen-bond donors (Lipinski definition) is 2. The summed E-state index contributed by atoms with van der Waals surface area (Å²) in [6.07, 6.45) is 0.940. The number of benzene rings is 1. The van der Waals surface area contributed by atoms with E-state index in [1.54, 1.807) is 18.2 Å². The highest BCUT2D eigenvalue weighted by Crippen LogP contribution is 2.22. The van der Waals surface area contributed by atoms with Crippen LogP contribution in [-0.2, 0) is 20.7 Å². The van der Waals surface area contributed by atoms with Crippen LogP contribution in [0, 0.1) is 0 Å². The van der Waals surface area contributed by atoms with Crippen LogP contribution in [0.3, 0.4) is 0 Å². The summed E-state index contributed by atoms with van der Waals surface area (Å²) in [4.78, 5) is 23.2. The number of ether oxygens (including phenoxy) is 1. The number of rotatable bonds is 5. The van der Waals surface area contributed by atoms with Crippen LogP contribution in [0.15, 0.2) is 18.2 Å². The van der Waals surface area contributed by atoms with Crippen molar-refractivity contribution in [2.75, 3.05) is 6.61 Å². The first-order valence-corrected chi connectivity index (χ1v) is 7.31. The molecule has 1 amide bonds. The molecule has 1 fully saturated rings. The average molecular weight is 332 g/mol. The Labute approximate surface area is 132 Å². The van der Waals surface area contributed by atoms with Gasteiger partial charge in [0.25, 0.3) is 0 Å². The van der Waals surface area contributed by atoms with Gasteiger partial charge >= 0.3 is 5.97 Å². The monoisotopic (exact) mass is 331 g/mol. The lowest BCUT2D eigenvalue weighted by molar-refractivity contribution is -0.143. The number of hydrogen-bond acceptors (Lipinski definition) is 3. The van der Waals surface area contributed by atoms with Crippen molar-refractivity contribution < 1.29 is 19.4 Å². The van der Waals surface area contributed by atoms with Crippen LogP contribution >= 0.6 is 23.2 Å². The molecule has 1 heterocycles. The highest BCUT2D eigenvalue weighted by Gasteiger charge is 2.28. The summed E-state index contributed by atoms with van der Waals surface area (Å²) in [7, 11) is 0. The van der Waals surface area contributed by atoms with Crippen molar-refractivity contribution in [1.82, 2.24) is 5.32 Å². The van der Waals surface area contributed by atoms with Crippen molar-refractivity contribution in [3.05, 3.63) is 33.8 Å². The van der Waals surface area contributed by atoms with Gasteiger partial charge in [0, 0.05) is 23.1 Å². The predicted molar refractivity (Wildman–Crippen MR) is 78.7 cm³/mol. The zero-order chi connectivity index (χ0) is 15.4. The maximum atomic E-state index is 11.9. The largest absolute Gasteiger partial charge is 0.480 e. The van der Waals surface area contributed by atoms with Crippen LogP contribution < -0.4 is 5.32 Å². The second-order valence-corrected chi connectivity index (χ2v) is 5.68. The van der Waals surface area contributed by atoms with Crippen LogP contribution in [0.5, 0.6) is 0 Å². The van der Waals surface area contributed by atoms with Crippen LogP contribution in [0.4, 0.5) is 0 Å². The maximum Gasteiger partial charge on any atom is 0.326 e. The molecule has 0 unspecified atom stereocenters. The Morgan fingerprint density at radius 1 is 1.43 bits per heavy atom. The predicted octanol–water partition coefficient (Wildman–Crippen LogP) is 2.28. The standard InChI is InChI=1S/C14H15Cl2NO4/c15-9-4-3-8(10(16)7-9)6-11(14(19)20)17-13(18)12-2-1-5-21-12/h3-4,7,11-12H,1-2,5-6H2,(H,17,18)(H,19,20)/t11-,12-/m0/s1. The third-order valence-corrected chi connectivity index (χ3v) is 3.86. The second-order valence-electron chi connectivity index (χ2n) is 4.84. The molecule has 1 aromatic rings. The van der Waals surface area contributed by atoms with Gasteiger partial charge in [0.1, 0.15) is 12.1 Å². The molecule has 2 atom stereocenters. The van der Waals surface area contributed by atoms with Gasteiger partial charge in [-0.05, 0) is 30.5 Å². The topological polar surface area (TPSA) is 75.6 Å². The van der Waals surface area contributed by atoms with Gasteiger partial charge < -0.3 is 15.2 Å². The van der Waals surface area contributed by atoms with Crippen molar-refractivity contribution in [2.24, 2.45) is 0 Å². The molecule has 0 bridgehead atoms. The Morgan fingerprint density at radius 3 is 2.76 bits per heavy atom. The Balaban J connectivity index is 2.04. The van der Waals surface area contributed by atoms with E-state index in [0.717, 1.165) is 6.42 Å². The van der Waals surface area contributed by atoms with Crippen molar-refractivity contribution in [1.29, 1.82) is 0 Å². The summed E-state index contributed by atoms with van der Waals surface area (Å²) < 4.78 is 5.24. The molecule has 5 nitrogen and oxygen atoms in total. The van der Waals surface area contributed by atoms with Gasteiger partial charge in [0.05, 0.1) is 0 Å². The normalized spacial score (nSPS) is 19.2. The SMILES string of the molecule is O=C(O)[C@H](Cc1ccc(Cl)cc1Cl)NC(=O)[C@@H]1CCCO1. The number of carboxylic acid groups (broad SMARTS) is 1. The molecule has 2 N–H and O–H groups in total. The van der Waals surface area contributed by atoms with E-state index in [1.165, 1.54) is 0 Å². The van der Waals surface area contributed by atoms with Crippen molar-refractivity contribution in [3.8, 4) is 0 Å². The van der Waals surface area contributed by atoms with Crippen LogP contribution in [-0.4, -0.2) is 35.7 Å². The van der Waals surface area contributed by atoms with Gasteiger partial charge in [0.2, 0.25) is 5.91 Å². The van der Waals surface area contributed by atoms with Crippen molar-refractivity contribution in [2.45, 2.75) is 31.4 Å². The summed E-state index contributed by atoms with van der Waals surface area (Å²) in [5, 5.41) is 12.6. The molecule has 0 radical (unpaired) electrons. The van der Waals surface area contributed by atoms with Crippen molar-refractivity contribution >= 4 is 35.1 Å². The zero-order valence-electron chi connectivity index (χ0n) is 11.1. The Hall–Kier alpha value is -1.30. The van der Waals surface area contributed by atoms with Gasteiger partial charge in [-0.1, -0.05) is 29.3 Å². The molecule has 1 aromatic carbocycles. The third-order valence-electron chi connectivity index (χ3n) is 3.28. The van der Waals surface area contributed by atoms with E-state index in [-0.39, 0.29) is 6.42 Å². The summed E-state index contributed by atoms with van der Waals surface area (Å²) in [5.41, 5.74) is 0.612. The molecule has 0 aliphatic carbocycles. The van der Waals surface area contributed by atoms with E-state index >= 15 is 0 Å². The zero-order valence-corrected chi connectivity index (χ0v) is 12.7. The van der Waals surface area contributed by atoms with Crippen LogP contribution in [0.2, 0.25) is 10.0 Å². The number of nitrogens with one attached hydrogen (secondary N) is 1. The molecular weight excluding hydrogens is 317 g/mol. The fraction of sp³-hybridized carbons (Fsp3) is 0.429.